The summed E-state index contributed by atoms with van der Waals surface area (Å²) in [5.41, 5.74) is 1.03. The van der Waals surface area contributed by atoms with Crippen LogP contribution in [0.5, 0.6) is 5.75 Å². The lowest BCUT2D eigenvalue weighted by molar-refractivity contribution is -0.137. The van der Waals surface area contributed by atoms with Crippen LogP contribution in [-0.4, -0.2) is 61.3 Å². The summed E-state index contributed by atoms with van der Waals surface area (Å²) in [5, 5.41) is 3.22. The lowest BCUT2D eigenvalue weighted by atomic mass is 9.99. The van der Waals surface area contributed by atoms with Gasteiger partial charge < -0.3 is 19.7 Å². The molecule has 2 fully saturated rings. The van der Waals surface area contributed by atoms with Gasteiger partial charge in [0.1, 0.15) is 11.9 Å². The Morgan fingerprint density at radius 1 is 1.41 bits per heavy atom. The number of pyridine rings is 1. The van der Waals surface area contributed by atoms with Gasteiger partial charge in [-0.1, -0.05) is 12.2 Å². The second-order valence-corrected chi connectivity index (χ2v) is 7.48. The van der Waals surface area contributed by atoms with Crippen molar-refractivity contribution in [2.45, 2.75) is 44.8 Å². The van der Waals surface area contributed by atoms with Crippen LogP contribution < -0.4 is 10.1 Å². The van der Waals surface area contributed by atoms with E-state index in [0.29, 0.717) is 25.8 Å². The summed E-state index contributed by atoms with van der Waals surface area (Å²) in [5.74, 6) is 1.15. The van der Waals surface area contributed by atoms with Crippen LogP contribution in [0.15, 0.2) is 24.5 Å². The molecule has 3 rings (SSSR count). The maximum atomic E-state index is 12.6. The molecule has 0 unspecified atom stereocenters. The molecule has 0 spiro atoms. The molecule has 6 heteroatoms. The van der Waals surface area contributed by atoms with Crippen LogP contribution in [0.2, 0.25) is 0 Å². The van der Waals surface area contributed by atoms with Crippen LogP contribution in [0.25, 0.3) is 6.08 Å². The van der Waals surface area contributed by atoms with Gasteiger partial charge >= 0.3 is 0 Å². The summed E-state index contributed by atoms with van der Waals surface area (Å²) in [6.45, 7) is 4.98. The predicted molar refractivity (Wildman–Crippen MR) is 106 cm³/mol. The Labute approximate surface area is 161 Å². The first-order valence-corrected chi connectivity index (χ1v) is 9.97. The van der Waals surface area contributed by atoms with E-state index < -0.39 is 0 Å². The zero-order valence-electron chi connectivity index (χ0n) is 16.4. The molecule has 6 nitrogen and oxygen atoms in total. The third-order valence-corrected chi connectivity index (χ3v) is 5.36. The summed E-state index contributed by atoms with van der Waals surface area (Å²) in [4.78, 5) is 18.9. The number of nitrogens with zero attached hydrogens (tertiary/aromatic N) is 2. The number of likely N-dealkylation sites (tertiary alicyclic amines) is 1. The number of aromatic nitrogens is 1. The lowest BCUT2D eigenvalue weighted by Crippen LogP contribution is -2.38. The van der Waals surface area contributed by atoms with Gasteiger partial charge in [-0.2, -0.15) is 0 Å². The van der Waals surface area contributed by atoms with Gasteiger partial charge in [0.2, 0.25) is 5.91 Å². The van der Waals surface area contributed by atoms with Crippen LogP contribution in [-0.2, 0) is 9.53 Å². The quantitative estimate of drug-likeness (QED) is 0.796. The van der Waals surface area contributed by atoms with Gasteiger partial charge in [0, 0.05) is 44.3 Å². The smallest absolute Gasteiger partial charge is 0.225 e. The largest absolute Gasteiger partial charge is 0.487 e. The molecule has 1 aromatic rings. The summed E-state index contributed by atoms with van der Waals surface area (Å²) >= 11 is 0. The number of nitrogens with one attached hydrogen (secondary N) is 1. The molecule has 2 aliphatic rings. The van der Waals surface area contributed by atoms with Gasteiger partial charge in [-0.25, -0.2) is 0 Å². The third-order valence-electron chi connectivity index (χ3n) is 5.36. The Morgan fingerprint density at radius 2 is 2.22 bits per heavy atom. The van der Waals surface area contributed by atoms with Crippen molar-refractivity contribution in [3.8, 4) is 5.75 Å². The van der Waals surface area contributed by atoms with Gasteiger partial charge in [-0.05, 0) is 44.9 Å². The van der Waals surface area contributed by atoms with E-state index in [0.717, 1.165) is 43.5 Å². The van der Waals surface area contributed by atoms with E-state index in [-0.39, 0.29) is 17.9 Å². The van der Waals surface area contributed by atoms with E-state index in [9.17, 15) is 4.79 Å². The Morgan fingerprint density at radius 3 is 3.00 bits per heavy atom. The molecule has 2 aliphatic heterocycles. The fraction of sp³-hybridized carbons (Fsp3) is 0.619. The first-order valence-electron chi connectivity index (χ1n) is 9.97. The number of amides is 1. The van der Waals surface area contributed by atoms with Crippen LogP contribution in [0.3, 0.4) is 0 Å². The number of carbonyl (C=O) groups is 1. The Kier molecular flexibility index (Phi) is 7.24. The van der Waals surface area contributed by atoms with E-state index in [1.165, 1.54) is 0 Å². The molecular weight excluding hydrogens is 342 g/mol. The van der Waals surface area contributed by atoms with Crippen molar-refractivity contribution in [2.75, 3.05) is 33.4 Å². The number of rotatable bonds is 7. The third kappa shape index (κ3) is 5.78. The molecule has 0 bridgehead atoms. The highest BCUT2D eigenvalue weighted by molar-refractivity contribution is 5.79. The van der Waals surface area contributed by atoms with Crippen molar-refractivity contribution in [3.63, 3.8) is 0 Å². The van der Waals surface area contributed by atoms with E-state index in [1.807, 2.05) is 24.2 Å². The molecule has 1 amide bonds. The molecule has 1 N–H and O–H groups in total. The molecule has 148 valence electrons. The summed E-state index contributed by atoms with van der Waals surface area (Å²) in [7, 11) is 1.96. The number of ether oxygens (including phenoxy) is 2. The molecular formula is C21H31N3O3. The van der Waals surface area contributed by atoms with Crippen molar-refractivity contribution in [1.82, 2.24) is 15.2 Å². The zero-order chi connectivity index (χ0) is 19.1. The maximum absolute atomic E-state index is 12.6. The summed E-state index contributed by atoms with van der Waals surface area (Å²) in [6, 6.07) is 2.46. The fourth-order valence-electron chi connectivity index (χ4n) is 3.54. The average Bonchev–Trinajstić information content (AvgIpc) is 3.16. The highest BCUT2D eigenvalue weighted by atomic mass is 16.5. The Bertz CT molecular complexity index is 643. The van der Waals surface area contributed by atoms with Crippen molar-refractivity contribution >= 4 is 12.0 Å². The van der Waals surface area contributed by atoms with Crippen molar-refractivity contribution in [1.29, 1.82) is 0 Å². The maximum Gasteiger partial charge on any atom is 0.225 e. The molecule has 2 saturated heterocycles. The second-order valence-electron chi connectivity index (χ2n) is 7.48. The second kappa shape index (κ2) is 9.85. The monoisotopic (exact) mass is 373 g/mol. The highest BCUT2D eigenvalue weighted by Crippen LogP contribution is 2.23. The number of hydrogen-bond acceptors (Lipinski definition) is 5. The highest BCUT2D eigenvalue weighted by Gasteiger charge is 2.32. The average molecular weight is 373 g/mol. The Balaban J connectivity index is 1.50. The molecule has 0 aliphatic carbocycles. The Hall–Kier alpha value is -1.92. The standard InChI is InChI=1S/C21H31N3O3/c1-16(22-2)4-3-5-17-12-20(14-23-13-17)27-19-6-9-24(15-19)21(25)18-7-10-26-11-8-18/h3,5,12-14,16,18-19,22H,4,6-11,15H2,1-2H3/b5-3+/t16-,19+/m0/s1. The molecule has 1 aromatic heterocycles. The predicted octanol–water partition coefficient (Wildman–Crippen LogP) is 2.50. The first kappa shape index (κ1) is 19.8. The van der Waals surface area contributed by atoms with E-state index in [2.05, 4.69) is 29.4 Å². The van der Waals surface area contributed by atoms with E-state index in [1.54, 1.807) is 6.20 Å². The molecule has 3 heterocycles. The van der Waals surface area contributed by atoms with Crippen molar-refractivity contribution in [3.05, 3.63) is 30.1 Å². The topological polar surface area (TPSA) is 63.7 Å². The zero-order valence-corrected chi connectivity index (χ0v) is 16.4. The van der Waals surface area contributed by atoms with Gasteiger partial charge in [-0.3, -0.25) is 9.78 Å². The minimum atomic E-state index is 0.0409. The fourth-order valence-corrected chi connectivity index (χ4v) is 3.54. The summed E-state index contributed by atoms with van der Waals surface area (Å²) in [6.07, 6.45) is 11.4. The van der Waals surface area contributed by atoms with Crippen molar-refractivity contribution in [2.24, 2.45) is 5.92 Å². The van der Waals surface area contributed by atoms with Crippen LogP contribution in [0, 0.1) is 5.92 Å². The molecule has 0 saturated carbocycles. The van der Waals surface area contributed by atoms with Gasteiger partial charge in [0.05, 0.1) is 12.7 Å². The number of carbonyl (C=O) groups excluding carboxylic acids is 1. The van der Waals surface area contributed by atoms with Crippen LogP contribution in [0.4, 0.5) is 0 Å². The minimum Gasteiger partial charge on any atom is -0.487 e. The SMILES string of the molecule is CN[C@@H](C)C/C=C/c1cncc(O[C@@H]2CCN(C(=O)C3CCOCC3)C2)c1. The molecule has 2 atom stereocenters. The first-order chi connectivity index (χ1) is 13.2. The lowest BCUT2D eigenvalue weighted by Gasteiger charge is -2.26. The van der Waals surface area contributed by atoms with Crippen LogP contribution >= 0.6 is 0 Å². The molecule has 27 heavy (non-hydrogen) atoms. The van der Waals surface area contributed by atoms with Gasteiger partial charge in [0.15, 0.2) is 0 Å². The summed E-state index contributed by atoms with van der Waals surface area (Å²) < 4.78 is 11.5. The molecule has 0 aromatic carbocycles. The molecule has 0 radical (unpaired) electrons. The van der Waals surface area contributed by atoms with Gasteiger partial charge in [0.25, 0.3) is 0 Å². The van der Waals surface area contributed by atoms with E-state index in [4.69, 9.17) is 9.47 Å². The number of hydrogen-bond donors (Lipinski definition) is 1. The normalized spacial score (nSPS) is 22.3. The minimum absolute atomic E-state index is 0.0409. The van der Waals surface area contributed by atoms with E-state index >= 15 is 0 Å². The van der Waals surface area contributed by atoms with Crippen LogP contribution in [0.1, 0.15) is 38.2 Å². The van der Waals surface area contributed by atoms with Crippen molar-refractivity contribution < 1.29 is 14.3 Å². The van der Waals surface area contributed by atoms with Gasteiger partial charge in [-0.15, -0.1) is 0 Å².